The van der Waals surface area contributed by atoms with Crippen molar-refractivity contribution in [3.05, 3.63) is 26.4 Å². The van der Waals surface area contributed by atoms with Crippen LogP contribution in [-0.4, -0.2) is 38.6 Å². The third kappa shape index (κ3) is 4.29. The number of hydrogen-bond donors (Lipinski definition) is 3. The number of nitrogens with zero attached hydrogens (tertiary/aromatic N) is 2. The minimum atomic E-state index is -0.630. The molecular formula is C14H23N3O4. The van der Waals surface area contributed by atoms with Gasteiger partial charge in [-0.1, -0.05) is 20.3 Å². The third-order valence-corrected chi connectivity index (χ3v) is 3.15. The summed E-state index contributed by atoms with van der Waals surface area (Å²) >= 11 is 0. The zero-order valence-electron chi connectivity index (χ0n) is 12.6. The predicted molar refractivity (Wildman–Crippen MR) is 81.3 cm³/mol. The van der Waals surface area contributed by atoms with Crippen molar-refractivity contribution >= 4 is 5.71 Å². The van der Waals surface area contributed by atoms with E-state index in [0.717, 1.165) is 17.4 Å². The van der Waals surface area contributed by atoms with Crippen molar-refractivity contribution in [1.29, 1.82) is 0 Å². The van der Waals surface area contributed by atoms with Gasteiger partial charge in [-0.15, -0.1) is 0 Å². The average molecular weight is 297 g/mol. The van der Waals surface area contributed by atoms with Crippen LogP contribution >= 0.6 is 0 Å². The van der Waals surface area contributed by atoms with Crippen LogP contribution in [0.5, 0.6) is 5.88 Å². The maximum absolute atomic E-state index is 12.0. The van der Waals surface area contributed by atoms with Crippen LogP contribution in [0.15, 0.2) is 14.6 Å². The first-order valence-corrected chi connectivity index (χ1v) is 7.27. The molecule has 0 atom stereocenters. The SMILES string of the molecule is CCCCn1c(O)c(C(CC)=NCCCO)c(=O)[nH]c1=O. The molecule has 1 aromatic heterocycles. The van der Waals surface area contributed by atoms with E-state index in [2.05, 4.69) is 9.98 Å². The predicted octanol–water partition coefficient (Wildman–Crippen LogP) is 0.624. The number of rotatable bonds is 8. The van der Waals surface area contributed by atoms with E-state index >= 15 is 0 Å². The van der Waals surface area contributed by atoms with E-state index in [1.54, 1.807) is 0 Å². The Balaban J connectivity index is 3.30. The number of aliphatic hydroxyl groups is 1. The van der Waals surface area contributed by atoms with Crippen LogP contribution in [0.2, 0.25) is 0 Å². The van der Waals surface area contributed by atoms with Gasteiger partial charge in [0.05, 0.1) is 5.71 Å². The molecular weight excluding hydrogens is 274 g/mol. The lowest BCUT2D eigenvalue weighted by atomic mass is 10.1. The van der Waals surface area contributed by atoms with Gasteiger partial charge in [0.1, 0.15) is 5.56 Å². The van der Waals surface area contributed by atoms with E-state index in [-0.39, 0.29) is 18.1 Å². The second-order valence-corrected chi connectivity index (χ2v) is 4.72. The molecule has 7 heteroatoms. The zero-order chi connectivity index (χ0) is 15.8. The highest BCUT2D eigenvalue weighted by atomic mass is 16.3. The fraction of sp³-hybridized carbons (Fsp3) is 0.643. The maximum atomic E-state index is 12.0. The van der Waals surface area contributed by atoms with Crippen LogP contribution in [0.3, 0.4) is 0 Å². The Morgan fingerprint density at radius 2 is 2.00 bits per heavy atom. The van der Waals surface area contributed by atoms with Crippen molar-refractivity contribution in [3.63, 3.8) is 0 Å². The van der Waals surface area contributed by atoms with Crippen LogP contribution in [0, 0.1) is 0 Å². The Bertz CT molecular complexity index is 601. The maximum Gasteiger partial charge on any atom is 0.331 e. The van der Waals surface area contributed by atoms with Gasteiger partial charge in [0, 0.05) is 19.7 Å². The molecule has 3 N–H and O–H groups in total. The summed E-state index contributed by atoms with van der Waals surface area (Å²) in [6, 6.07) is 0. The van der Waals surface area contributed by atoms with E-state index in [9.17, 15) is 14.7 Å². The first kappa shape index (κ1) is 17.2. The van der Waals surface area contributed by atoms with Crippen LogP contribution in [-0.2, 0) is 6.54 Å². The minimum absolute atomic E-state index is 0.0127. The molecule has 0 amide bonds. The van der Waals surface area contributed by atoms with E-state index in [0.29, 0.717) is 31.6 Å². The van der Waals surface area contributed by atoms with Crippen LogP contribution in [0.1, 0.15) is 45.1 Å². The number of aliphatic imine (C=N–C) groups is 1. The number of unbranched alkanes of at least 4 members (excludes halogenated alkanes) is 1. The Morgan fingerprint density at radius 1 is 1.29 bits per heavy atom. The van der Waals surface area contributed by atoms with Crippen LogP contribution in [0.4, 0.5) is 0 Å². The second kappa shape index (κ2) is 8.41. The average Bonchev–Trinajstić information content (AvgIpc) is 2.45. The normalized spacial score (nSPS) is 11.9. The van der Waals surface area contributed by atoms with Crippen LogP contribution in [0.25, 0.3) is 0 Å². The number of H-pyrrole nitrogens is 1. The van der Waals surface area contributed by atoms with Crippen molar-refractivity contribution in [2.24, 2.45) is 4.99 Å². The molecule has 0 saturated carbocycles. The van der Waals surface area contributed by atoms with Gasteiger partial charge in [-0.3, -0.25) is 19.3 Å². The lowest BCUT2D eigenvalue weighted by Gasteiger charge is -2.12. The number of hydrogen-bond acceptors (Lipinski definition) is 5. The summed E-state index contributed by atoms with van der Waals surface area (Å²) < 4.78 is 1.16. The summed E-state index contributed by atoms with van der Waals surface area (Å²) in [5.41, 5.74) is -0.756. The molecule has 1 rings (SSSR count). The molecule has 0 radical (unpaired) electrons. The van der Waals surface area contributed by atoms with Crippen molar-refractivity contribution in [2.75, 3.05) is 13.2 Å². The highest BCUT2D eigenvalue weighted by Gasteiger charge is 2.17. The fourth-order valence-corrected chi connectivity index (χ4v) is 2.00. The monoisotopic (exact) mass is 297 g/mol. The highest BCUT2D eigenvalue weighted by Crippen LogP contribution is 2.14. The molecule has 1 aromatic rings. The smallest absolute Gasteiger partial charge is 0.331 e. The summed E-state index contributed by atoms with van der Waals surface area (Å²) in [5.74, 6) is -0.332. The van der Waals surface area contributed by atoms with E-state index in [1.807, 2.05) is 13.8 Å². The molecule has 0 aliphatic heterocycles. The number of nitrogens with one attached hydrogen (secondary N) is 1. The molecule has 21 heavy (non-hydrogen) atoms. The Morgan fingerprint density at radius 3 is 2.57 bits per heavy atom. The second-order valence-electron chi connectivity index (χ2n) is 4.72. The standard InChI is InChI=1S/C14H23N3O4/c1-3-5-8-17-13(20)11(12(19)16-14(17)21)10(4-2)15-7-6-9-18/h18,20H,3-9H2,1-2H3,(H,16,19,21). The highest BCUT2D eigenvalue weighted by molar-refractivity contribution is 6.01. The van der Waals surface area contributed by atoms with Gasteiger partial charge in [0.2, 0.25) is 5.88 Å². The largest absolute Gasteiger partial charge is 0.494 e. The molecule has 1 heterocycles. The quantitative estimate of drug-likeness (QED) is 0.483. The third-order valence-electron chi connectivity index (χ3n) is 3.15. The van der Waals surface area contributed by atoms with E-state index in [1.165, 1.54) is 0 Å². The van der Waals surface area contributed by atoms with Gasteiger partial charge in [0.15, 0.2) is 0 Å². The van der Waals surface area contributed by atoms with Gasteiger partial charge in [-0.25, -0.2) is 4.79 Å². The summed E-state index contributed by atoms with van der Waals surface area (Å²) in [6.07, 6.45) is 2.53. The number of aliphatic hydroxyl groups excluding tert-OH is 1. The van der Waals surface area contributed by atoms with Crippen molar-refractivity contribution < 1.29 is 10.2 Å². The van der Waals surface area contributed by atoms with Crippen molar-refractivity contribution in [2.45, 2.75) is 46.1 Å². The van der Waals surface area contributed by atoms with Crippen molar-refractivity contribution in [3.8, 4) is 5.88 Å². The zero-order valence-corrected chi connectivity index (χ0v) is 12.6. The lowest BCUT2D eigenvalue weighted by molar-refractivity contribution is 0.291. The lowest BCUT2D eigenvalue weighted by Crippen LogP contribution is -2.34. The fourth-order valence-electron chi connectivity index (χ4n) is 2.00. The van der Waals surface area contributed by atoms with E-state index < -0.39 is 11.2 Å². The summed E-state index contributed by atoms with van der Waals surface area (Å²) in [7, 11) is 0. The van der Waals surface area contributed by atoms with Crippen molar-refractivity contribution in [1.82, 2.24) is 9.55 Å². The first-order valence-electron chi connectivity index (χ1n) is 7.27. The topological polar surface area (TPSA) is 108 Å². The van der Waals surface area contributed by atoms with Gasteiger partial charge in [0.25, 0.3) is 5.56 Å². The molecule has 0 fully saturated rings. The van der Waals surface area contributed by atoms with Gasteiger partial charge in [-0.2, -0.15) is 0 Å². The minimum Gasteiger partial charge on any atom is -0.494 e. The summed E-state index contributed by atoms with van der Waals surface area (Å²) in [5, 5.41) is 19.0. The molecule has 0 aliphatic carbocycles. The summed E-state index contributed by atoms with van der Waals surface area (Å²) in [6.45, 7) is 4.52. The number of aromatic amines is 1. The Hall–Kier alpha value is -1.89. The number of aromatic hydroxyl groups is 1. The molecule has 7 nitrogen and oxygen atoms in total. The van der Waals surface area contributed by atoms with Gasteiger partial charge in [-0.05, 0) is 19.3 Å². The molecule has 0 aliphatic rings. The van der Waals surface area contributed by atoms with Gasteiger partial charge >= 0.3 is 5.69 Å². The molecule has 118 valence electrons. The molecule has 0 saturated heterocycles. The van der Waals surface area contributed by atoms with Crippen LogP contribution < -0.4 is 11.2 Å². The Kier molecular flexibility index (Phi) is 6.87. The first-order chi connectivity index (χ1) is 10.1. The van der Waals surface area contributed by atoms with Gasteiger partial charge < -0.3 is 10.2 Å². The summed E-state index contributed by atoms with van der Waals surface area (Å²) in [4.78, 5) is 30.2. The molecule has 0 unspecified atom stereocenters. The molecule has 0 bridgehead atoms. The molecule has 0 aromatic carbocycles. The number of aromatic nitrogens is 2. The van der Waals surface area contributed by atoms with E-state index in [4.69, 9.17) is 5.11 Å². The Labute approximate surface area is 123 Å². The molecule has 0 spiro atoms.